The zero-order chi connectivity index (χ0) is 16.1. The summed E-state index contributed by atoms with van der Waals surface area (Å²) in [4.78, 5) is 33.0. The van der Waals surface area contributed by atoms with Crippen molar-refractivity contribution >= 4 is 17.8 Å². The molecule has 0 radical (unpaired) electrons. The van der Waals surface area contributed by atoms with Crippen LogP contribution in [0, 0.1) is 0 Å². The number of amides is 1. The summed E-state index contributed by atoms with van der Waals surface area (Å²) in [5.74, 6) is -2.11. The van der Waals surface area contributed by atoms with Gasteiger partial charge in [0.15, 0.2) is 0 Å². The van der Waals surface area contributed by atoms with Gasteiger partial charge in [-0.25, -0.2) is 4.79 Å². The third-order valence-electron chi connectivity index (χ3n) is 3.12. The number of nitrogens with two attached hydrogens (primary N) is 1. The van der Waals surface area contributed by atoms with E-state index in [-0.39, 0.29) is 71.6 Å². The Kier molecular flexibility index (Phi) is 17.5. The molecule has 0 saturated heterocycles. The third-order valence-corrected chi connectivity index (χ3v) is 3.12. The van der Waals surface area contributed by atoms with Gasteiger partial charge in [-0.1, -0.05) is 12.8 Å². The zero-order valence-corrected chi connectivity index (χ0v) is 16.5. The topological polar surface area (TPSA) is 130 Å². The molecule has 0 rings (SSSR count). The van der Waals surface area contributed by atoms with E-state index in [1.165, 1.54) is 0 Å². The van der Waals surface area contributed by atoms with Crippen LogP contribution >= 0.6 is 0 Å². The zero-order valence-electron chi connectivity index (χ0n) is 14.3. The number of nitrogens with one attached hydrogen (secondary N) is 1. The molecule has 5 N–H and O–H groups in total. The maximum atomic E-state index is 11.6. The van der Waals surface area contributed by atoms with Crippen LogP contribution in [0.25, 0.3) is 0 Å². The molecule has 0 unspecified atom stereocenters. The molecular weight excluding hydrogens is 315 g/mol. The van der Waals surface area contributed by atoms with Crippen molar-refractivity contribution in [3.05, 3.63) is 0 Å². The number of carbonyl (C=O) groups is 3. The average molecular weight is 342 g/mol. The van der Waals surface area contributed by atoms with E-state index in [1.54, 1.807) is 0 Å². The summed E-state index contributed by atoms with van der Waals surface area (Å²) in [7, 11) is 0. The van der Waals surface area contributed by atoms with E-state index in [0.29, 0.717) is 32.2 Å². The molecule has 0 saturated carbocycles. The van der Waals surface area contributed by atoms with E-state index >= 15 is 0 Å². The fraction of sp³-hybridized carbons (Fsp3) is 0.786. The van der Waals surface area contributed by atoms with E-state index in [2.05, 4.69) is 5.32 Å². The summed E-state index contributed by atoms with van der Waals surface area (Å²) in [6.45, 7) is 0.511. The fourth-order valence-corrected chi connectivity index (χ4v) is 1.93. The van der Waals surface area contributed by atoms with Crippen LogP contribution in [0.3, 0.4) is 0 Å². The van der Waals surface area contributed by atoms with E-state index < -0.39 is 18.0 Å². The Labute approximate surface area is 175 Å². The van der Waals surface area contributed by atoms with E-state index in [0.717, 1.165) is 19.3 Å². The van der Waals surface area contributed by atoms with Gasteiger partial charge in [0.25, 0.3) is 0 Å². The molecule has 0 aromatic carbocycles. The quantitative estimate of drug-likeness (QED) is 0.231. The summed E-state index contributed by atoms with van der Waals surface area (Å²) in [5.41, 5.74) is 5.34. The van der Waals surface area contributed by atoms with Crippen LogP contribution in [0.4, 0.5) is 0 Å². The first-order valence-corrected chi connectivity index (χ1v) is 7.41. The van der Waals surface area contributed by atoms with Crippen molar-refractivity contribution in [1.29, 1.82) is 0 Å². The Balaban J connectivity index is -0.00000200. The van der Waals surface area contributed by atoms with Gasteiger partial charge in [0.05, 0.1) is 0 Å². The summed E-state index contributed by atoms with van der Waals surface area (Å²) in [5, 5.41) is 20.0. The van der Waals surface area contributed by atoms with E-state index in [1.807, 2.05) is 0 Å². The molecule has 124 valence electrons. The molecule has 0 aliphatic heterocycles. The third kappa shape index (κ3) is 14.9. The maximum absolute atomic E-state index is 11.6. The van der Waals surface area contributed by atoms with Gasteiger partial charge in [-0.2, -0.15) is 0 Å². The minimum Gasteiger partial charge on any atom is -1.00 e. The molecule has 0 fully saturated rings. The second-order valence-corrected chi connectivity index (χ2v) is 5.05. The summed E-state index contributed by atoms with van der Waals surface area (Å²) >= 11 is 0. The standard InChI is InChI=1S/C14H26N2O5.K.H/c15-10-6-5-7-11(14(20)21)16-12(17)8-3-1-2-4-9-13(18)19;;/h11H,1-10,15H2,(H,16,17)(H,18,19)(H,20,21);;/q;+1;-1/t11-;;/m0../s1. The summed E-state index contributed by atoms with van der Waals surface area (Å²) in [6, 6.07) is -0.851. The number of rotatable bonds is 13. The number of hydrogen-bond acceptors (Lipinski definition) is 4. The number of carbonyl (C=O) groups excluding carboxylic acids is 1. The molecule has 8 heteroatoms. The Hall–Kier alpha value is 0.00636. The van der Waals surface area contributed by atoms with Gasteiger partial charge in [0.2, 0.25) is 5.91 Å². The van der Waals surface area contributed by atoms with Crippen molar-refractivity contribution < 1.29 is 77.4 Å². The van der Waals surface area contributed by atoms with Gasteiger partial charge in [0, 0.05) is 12.8 Å². The Bertz CT molecular complexity index is 345. The van der Waals surface area contributed by atoms with Crippen molar-refractivity contribution in [2.45, 2.75) is 63.8 Å². The molecule has 1 amide bonds. The molecule has 0 aromatic heterocycles. The van der Waals surface area contributed by atoms with Gasteiger partial charge in [-0.15, -0.1) is 0 Å². The first kappa shape index (κ1) is 24.3. The number of aliphatic carboxylic acids is 2. The van der Waals surface area contributed by atoms with Crippen LogP contribution in [0.1, 0.15) is 59.2 Å². The summed E-state index contributed by atoms with van der Waals surface area (Å²) < 4.78 is 0. The predicted octanol–water partition coefficient (Wildman–Crippen LogP) is -1.77. The van der Waals surface area contributed by atoms with Crippen LogP contribution < -0.4 is 62.4 Å². The normalized spacial score (nSPS) is 11.3. The smallest absolute Gasteiger partial charge is 1.00 e. The Morgan fingerprint density at radius 3 is 2.05 bits per heavy atom. The average Bonchev–Trinajstić information content (AvgIpc) is 2.41. The first-order valence-electron chi connectivity index (χ1n) is 7.41. The van der Waals surface area contributed by atoms with Crippen molar-refractivity contribution in [2.75, 3.05) is 6.54 Å². The molecule has 0 aliphatic carbocycles. The van der Waals surface area contributed by atoms with Crippen LogP contribution in [0.2, 0.25) is 0 Å². The molecule has 0 spiro atoms. The number of hydrogen-bond donors (Lipinski definition) is 4. The van der Waals surface area contributed by atoms with Gasteiger partial charge in [-0.05, 0) is 38.6 Å². The molecule has 22 heavy (non-hydrogen) atoms. The van der Waals surface area contributed by atoms with Gasteiger partial charge < -0.3 is 22.7 Å². The molecule has 7 nitrogen and oxygen atoms in total. The van der Waals surface area contributed by atoms with Gasteiger partial charge in [0.1, 0.15) is 6.04 Å². The van der Waals surface area contributed by atoms with Crippen molar-refractivity contribution in [3.8, 4) is 0 Å². The SMILES string of the molecule is NCCCC[C@H](NC(=O)CCCCCCC(=O)O)C(=O)O.[H-].[K+]. The molecule has 0 aromatic rings. The predicted molar refractivity (Wildman–Crippen MR) is 78.9 cm³/mol. The van der Waals surface area contributed by atoms with Crippen LogP contribution in [-0.4, -0.2) is 40.6 Å². The summed E-state index contributed by atoms with van der Waals surface area (Å²) in [6.07, 6.45) is 4.99. The van der Waals surface area contributed by atoms with Crippen molar-refractivity contribution in [1.82, 2.24) is 5.32 Å². The number of unbranched alkanes of at least 4 members (excludes halogenated alkanes) is 4. The fourth-order valence-electron chi connectivity index (χ4n) is 1.93. The molecule has 1 atom stereocenters. The van der Waals surface area contributed by atoms with E-state index in [4.69, 9.17) is 15.9 Å². The largest absolute Gasteiger partial charge is 1.00 e. The van der Waals surface area contributed by atoms with E-state index in [9.17, 15) is 14.4 Å². The molecule has 0 aliphatic rings. The monoisotopic (exact) mass is 342 g/mol. The van der Waals surface area contributed by atoms with Crippen LogP contribution in [0.15, 0.2) is 0 Å². The first-order chi connectivity index (χ1) is 9.97. The van der Waals surface area contributed by atoms with Gasteiger partial charge >= 0.3 is 63.3 Å². The van der Waals surface area contributed by atoms with Crippen molar-refractivity contribution in [2.24, 2.45) is 5.73 Å². The Morgan fingerprint density at radius 2 is 1.55 bits per heavy atom. The van der Waals surface area contributed by atoms with Crippen molar-refractivity contribution in [3.63, 3.8) is 0 Å². The number of carboxylic acid groups (broad SMARTS) is 2. The second kappa shape index (κ2) is 15.9. The van der Waals surface area contributed by atoms with Gasteiger partial charge in [-0.3, -0.25) is 9.59 Å². The van der Waals surface area contributed by atoms with Crippen LogP contribution in [0.5, 0.6) is 0 Å². The minimum atomic E-state index is -1.03. The molecule has 0 bridgehead atoms. The molecule has 0 heterocycles. The molecular formula is C14H27KN2O5. The Morgan fingerprint density at radius 1 is 0.955 bits per heavy atom. The number of carboxylic acids is 2. The van der Waals surface area contributed by atoms with Crippen LogP contribution in [-0.2, 0) is 14.4 Å². The maximum Gasteiger partial charge on any atom is 1.00 e. The minimum absolute atomic E-state index is 0. The second-order valence-electron chi connectivity index (χ2n) is 5.05.